The molecule has 16 heteroatoms. The van der Waals surface area contributed by atoms with E-state index in [1.54, 1.807) is 61.4 Å². The molecule has 0 radical (unpaired) electrons. The molecule has 9 rings (SSSR count). The summed E-state index contributed by atoms with van der Waals surface area (Å²) in [5.74, 6) is -0.909. The molecular formula is C61H70N4O12. The van der Waals surface area contributed by atoms with Crippen molar-refractivity contribution in [1.82, 2.24) is 15.1 Å². The van der Waals surface area contributed by atoms with Crippen LogP contribution in [0.5, 0.6) is 17.2 Å². The lowest BCUT2D eigenvalue weighted by atomic mass is 9.91. The highest BCUT2D eigenvalue weighted by Gasteiger charge is 2.58. The number of nitrogens with one attached hydrogen (secondary N) is 1. The van der Waals surface area contributed by atoms with E-state index in [0.717, 1.165) is 42.4 Å². The Morgan fingerprint density at radius 2 is 1.58 bits per heavy atom. The lowest BCUT2D eigenvalue weighted by Crippen LogP contribution is -2.50. The van der Waals surface area contributed by atoms with Gasteiger partial charge >= 0.3 is 12.1 Å². The first-order valence-corrected chi connectivity index (χ1v) is 26.8. The molecule has 1 saturated heterocycles. The predicted octanol–water partition coefficient (Wildman–Crippen LogP) is 8.84. The Morgan fingerprint density at radius 1 is 0.870 bits per heavy atom. The van der Waals surface area contributed by atoms with Gasteiger partial charge in [-0.25, -0.2) is 9.69 Å². The number of ketones is 1. The standard InChI is InChI=1S/C61H70N4O12/c1-8-22-76-55(67)30-46(36(2)3)56(68)62-39(6)51(66)26-40-12-14-41(15-13-40)34-77-60(72)65-49-31-52(38(5)25-48(49)58(70)64-35-61(20-21-61)32-50(64)59(65)71)74-23-9-24-75-54-28-43-18-19-45-27-44(42-16-10-37(4)11-17-42)33-63(45)57(69)47(43)29-53(54)73-7/h8,10-17,25,28-29,31,33,36,39,45-46,50,59,71H,1,9,18-24,26-27,30,32,34-35H2,2-7H3,(H,62,68)/t39-,45+,46+,50-,59?/m0/s1. The van der Waals surface area contributed by atoms with Crippen molar-refractivity contribution >= 4 is 46.8 Å². The van der Waals surface area contributed by atoms with Crippen molar-refractivity contribution in [3.8, 4) is 17.2 Å². The highest BCUT2D eigenvalue weighted by Crippen LogP contribution is 2.57. The number of esters is 1. The van der Waals surface area contributed by atoms with Crippen molar-refractivity contribution in [3.63, 3.8) is 0 Å². The Labute approximate surface area is 450 Å². The van der Waals surface area contributed by atoms with Gasteiger partial charge in [0.2, 0.25) is 5.91 Å². The van der Waals surface area contributed by atoms with Gasteiger partial charge < -0.3 is 43.9 Å². The minimum Gasteiger partial charge on any atom is -0.493 e. The number of benzene rings is 4. The second-order valence-corrected chi connectivity index (χ2v) is 21.7. The summed E-state index contributed by atoms with van der Waals surface area (Å²) in [5, 5.41) is 14.8. The molecule has 406 valence electrons. The number of amides is 4. The van der Waals surface area contributed by atoms with Gasteiger partial charge in [0.15, 0.2) is 23.5 Å². The van der Waals surface area contributed by atoms with Gasteiger partial charge in [0.25, 0.3) is 11.8 Å². The molecule has 4 aliphatic heterocycles. The number of carbonyl (C=O) groups excluding carboxylic acids is 6. The van der Waals surface area contributed by atoms with Crippen LogP contribution in [0.1, 0.15) is 120 Å². The second kappa shape index (κ2) is 23.0. The van der Waals surface area contributed by atoms with Crippen LogP contribution in [0.4, 0.5) is 10.5 Å². The van der Waals surface area contributed by atoms with Gasteiger partial charge in [-0.2, -0.15) is 0 Å². The minimum absolute atomic E-state index is 0.0251. The molecular weight excluding hydrogens is 981 g/mol. The number of aryl methyl sites for hydroxylation is 3. The third-order valence-corrected chi connectivity index (χ3v) is 15.8. The fourth-order valence-electron chi connectivity index (χ4n) is 11.0. The van der Waals surface area contributed by atoms with Crippen LogP contribution in [0.15, 0.2) is 91.7 Å². The van der Waals surface area contributed by atoms with Crippen molar-refractivity contribution in [1.29, 1.82) is 0 Å². The summed E-state index contributed by atoms with van der Waals surface area (Å²) >= 11 is 0. The van der Waals surface area contributed by atoms with E-state index in [2.05, 4.69) is 43.1 Å². The Hall–Kier alpha value is -7.46. The zero-order valence-electron chi connectivity index (χ0n) is 44.9. The number of carbonyl (C=O) groups is 6. The highest BCUT2D eigenvalue weighted by molar-refractivity contribution is 6.06. The van der Waals surface area contributed by atoms with E-state index in [9.17, 15) is 33.9 Å². The molecule has 77 heavy (non-hydrogen) atoms. The molecule has 5 aliphatic rings. The number of rotatable bonds is 20. The van der Waals surface area contributed by atoms with Crippen LogP contribution >= 0.6 is 0 Å². The summed E-state index contributed by atoms with van der Waals surface area (Å²) < 4.78 is 29.3. The number of hydrogen-bond donors (Lipinski definition) is 2. The molecule has 16 nitrogen and oxygen atoms in total. The van der Waals surface area contributed by atoms with Crippen LogP contribution in [0.3, 0.4) is 0 Å². The Bertz CT molecular complexity index is 2960. The molecule has 4 aromatic carbocycles. The number of aliphatic hydroxyl groups excluding tert-OH is 1. The number of anilines is 1. The second-order valence-electron chi connectivity index (χ2n) is 21.7. The fraction of sp³-hybridized carbons (Fsp3) is 0.443. The Kier molecular flexibility index (Phi) is 16.2. The number of hydrogen-bond acceptors (Lipinski definition) is 12. The number of fused-ring (bicyclic) bond motifs is 4. The van der Waals surface area contributed by atoms with Gasteiger partial charge in [-0.15, -0.1) is 0 Å². The molecule has 1 saturated carbocycles. The topological polar surface area (TPSA) is 191 Å². The van der Waals surface area contributed by atoms with Crippen molar-refractivity contribution in [2.24, 2.45) is 17.3 Å². The summed E-state index contributed by atoms with van der Waals surface area (Å²) in [6, 6.07) is 21.0. The van der Waals surface area contributed by atoms with E-state index in [0.29, 0.717) is 65.3 Å². The summed E-state index contributed by atoms with van der Waals surface area (Å²) in [4.78, 5) is 85.9. The van der Waals surface area contributed by atoms with Gasteiger partial charge in [0.05, 0.1) is 56.0 Å². The third kappa shape index (κ3) is 11.9. The third-order valence-electron chi connectivity index (χ3n) is 15.8. The van der Waals surface area contributed by atoms with E-state index >= 15 is 0 Å². The van der Waals surface area contributed by atoms with Crippen molar-refractivity contribution in [2.45, 2.75) is 123 Å². The molecule has 1 aliphatic carbocycles. The largest absolute Gasteiger partial charge is 0.493 e. The molecule has 4 amide bonds. The van der Waals surface area contributed by atoms with E-state index in [-0.39, 0.29) is 85.5 Å². The number of Topliss-reactive ketones (excluding diaryl/α,β-unsaturated/α-hetero) is 1. The minimum atomic E-state index is -1.40. The van der Waals surface area contributed by atoms with Crippen molar-refractivity contribution in [2.75, 3.05) is 38.4 Å². The lowest BCUT2D eigenvalue weighted by Gasteiger charge is -2.31. The van der Waals surface area contributed by atoms with Gasteiger partial charge in [0, 0.05) is 43.3 Å². The number of methoxy groups -OCH3 is 1. The molecule has 2 fully saturated rings. The summed E-state index contributed by atoms with van der Waals surface area (Å²) in [5.41, 5.74) is 7.33. The van der Waals surface area contributed by atoms with Crippen molar-refractivity contribution < 1.29 is 57.6 Å². The number of ether oxygens (including phenoxy) is 5. The summed E-state index contributed by atoms with van der Waals surface area (Å²) in [6.07, 6.45) is 6.34. The molecule has 4 heterocycles. The van der Waals surface area contributed by atoms with Gasteiger partial charge in [-0.3, -0.25) is 24.0 Å². The van der Waals surface area contributed by atoms with Gasteiger partial charge in [-0.1, -0.05) is 80.6 Å². The van der Waals surface area contributed by atoms with Crippen LogP contribution in [0.2, 0.25) is 0 Å². The maximum atomic E-state index is 14.3. The molecule has 5 atom stereocenters. The first-order valence-electron chi connectivity index (χ1n) is 26.8. The molecule has 1 spiro atoms. The van der Waals surface area contributed by atoms with Crippen LogP contribution in [-0.4, -0.2) is 108 Å². The monoisotopic (exact) mass is 1050 g/mol. The SMILES string of the molecule is C=CCOC(=O)C[C@@H](C(=O)N[C@@H](C)C(=O)Cc1ccc(COC(=O)N2c3cc(OCCCOc4cc5c(cc4OC)C(=O)N4C=C(c6ccc(C)cc6)C[C@H]4CC5)c(C)cc3C(=O)N3CC4(CC4)C[C@H]3C2O)cc1)C(C)C. The highest BCUT2D eigenvalue weighted by atomic mass is 16.6. The lowest BCUT2D eigenvalue weighted by molar-refractivity contribution is -0.146. The first-order chi connectivity index (χ1) is 37.0. The number of aliphatic hydroxyl groups is 1. The first kappa shape index (κ1) is 54.3. The van der Waals surface area contributed by atoms with Crippen molar-refractivity contribution in [3.05, 3.63) is 136 Å². The predicted molar refractivity (Wildman–Crippen MR) is 288 cm³/mol. The van der Waals surface area contributed by atoms with Gasteiger partial charge in [0.1, 0.15) is 19.0 Å². The van der Waals surface area contributed by atoms with Crippen LogP contribution in [-0.2, 0) is 43.3 Å². The quantitative estimate of drug-likeness (QED) is 0.0487. The molecule has 4 aromatic rings. The maximum Gasteiger partial charge on any atom is 0.416 e. The maximum absolute atomic E-state index is 14.3. The van der Waals surface area contributed by atoms with E-state index in [4.69, 9.17) is 23.7 Å². The average molecular weight is 1050 g/mol. The summed E-state index contributed by atoms with van der Waals surface area (Å²) in [6.45, 7) is 13.6. The normalized spacial score (nSPS) is 19.7. The van der Waals surface area contributed by atoms with Crippen LogP contribution in [0, 0.1) is 31.1 Å². The average Bonchev–Trinajstić information content (AvgIpc) is 4.16. The van der Waals surface area contributed by atoms with Crippen LogP contribution in [0.25, 0.3) is 5.57 Å². The number of nitrogens with zero attached hydrogens (tertiary/aromatic N) is 3. The zero-order valence-corrected chi connectivity index (χ0v) is 44.9. The van der Waals surface area contributed by atoms with Gasteiger partial charge in [-0.05, 0) is 122 Å². The Balaban J connectivity index is 0.827. The molecule has 1 unspecified atom stereocenters. The molecule has 2 N–H and O–H groups in total. The van der Waals surface area contributed by atoms with E-state index in [1.165, 1.54) is 16.5 Å². The summed E-state index contributed by atoms with van der Waals surface area (Å²) in [7, 11) is 1.56. The van der Waals surface area contributed by atoms with Crippen LogP contribution < -0.4 is 24.4 Å². The fourth-order valence-corrected chi connectivity index (χ4v) is 11.0. The Morgan fingerprint density at radius 3 is 2.27 bits per heavy atom. The smallest absolute Gasteiger partial charge is 0.416 e. The molecule has 0 bridgehead atoms. The van der Waals surface area contributed by atoms with E-state index < -0.39 is 42.2 Å². The van der Waals surface area contributed by atoms with E-state index in [1.807, 2.05) is 37.9 Å². The zero-order chi connectivity index (χ0) is 54.7. The molecule has 0 aromatic heterocycles.